The van der Waals surface area contributed by atoms with Crippen LogP contribution >= 0.6 is 15.4 Å². The summed E-state index contributed by atoms with van der Waals surface area (Å²) in [4.78, 5) is 40.5. The molecule has 0 aliphatic rings. The summed E-state index contributed by atoms with van der Waals surface area (Å²) in [6, 6.07) is 0.108. The average Bonchev–Trinajstić information content (AvgIpc) is 1.99. The van der Waals surface area contributed by atoms with Gasteiger partial charge in [-0.15, -0.1) is 0 Å². The van der Waals surface area contributed by atoms with Gasteiger partial charge in [0.15, 0.2) is 5.44 Å². The molecule has 0 bridgehead atoms. The lowest BCUT2D eigenvalue weighted by Gasteiger charge is -2.06. The summed E-state index contributed by atoms with van der Waals surface area (Å²) in [6.45, 7) is 0. The first-order valence-electron chi connectivity index (χ1n) is 3.33. The lowest BCUT2D eigenvalue weighted by Crippen LogP contribution is -2.11. The van der Waals surface area contributed by atoms with E-state index in [0.29, 0.717) is 0 Å². The fraction of sp³-hybridized carbons (Fsp3) is 0. The van der Waals surface area contributed by atoms with Gasteiger partial charge >= 0.3 is 21.4 Å². The van der Waals surface area contributed by atoms with Crippen molar-refractivity contribution in [3.63, 3.8) is 0 Å². The van der Waals surface area contributed by atoms with E-state index in [-0.39, 0.29) is 0 Å². The van der Waals surface area contributed by atoms with Crippen LogP contribution in [0.15, 0.2) is 12.3 Å². The van der Waals surface area contributed by atoms with E-state index in [2.05, 4.69) is 14.5 Å². The van der Waals surface area contributed by atoms with Gasteiger partial charge in [-0.25, -0.2) is 9.55 Å². The minimum Gasteiger partial charge on any atom is -0.368 e. The van der Waals surface area contributed by atoms with E-state index in [9.17, 15) is 9.13 Å². The third-order valence-electron chi connectivity index (χ3n) is 1.12. The predicted octanol–water partition coefficient (Wildman–Crippen LogP) is -1.25. The summed E-state index contributed by atoms with van der Waals surface area (Å²) in [5, 5.41) is 0. The Balaban J connectivity index is 3.04. The molecule has 4 N–H and O–H groups in total. The SMILES string of the molecule is O=P(O)(O)Oc1nccc(P(=O)(O)O)n1. The predicted molar refractivity (Wildman–Crippen MR) is 46.4 cm³/mol. The van der Waals surface area contributed by atoms with Gasteiger partial charge in [-0.1, -0.05) is 0 Å². The van der Waals surface area contributed by atoms with E-state index < -0.39 is 26.9 Å². The van der Waals surface area contributed by atoms with Crippen LogP contribution in [0.3, 0.4) is 0 Å². The topological polar surface area (TPSA) is 150 Å². The summed E-state index contributed by atoms with van der Waals surface area (Å²) < 4.78 is 25.0. The number of hydrogen-bond donors (Lipinski definition) is 4. The fourth-order valence-electron chi connectivity index (χ4n) is 0.644. The van der Waals surface area contributed by atoms with Gasteiger partial charge in [-0.2, -0.15) is 4.98 Å². The van der Waals surface area contributed by atoms with Gasteiger partial charge < -0.3 is 14.3 Å². The largest absolute Gasteiger partial charge is 0.527 e. The van der Waals surface area contributed by atoms with E-state index in [0.717, 1.165) is 12.3 Å². The van der Waals surface area contributed by atoms with Gasteiger partial charge in [0, 0.05) is 6.20 Å². The zero-order valence-corrected chi connectivity index (χ0v) is 8.75. The normalized spacial score (nSPS) is 12.5. The van der Waals surface area contributed by atoms with Crippen LogP contribution in [0.2, 0.25) is 0 Å². The second-order valence-electron chi connectivity index (χ2n) is 2.32. The van der Waals surface area contributed by atoms with Crippen molar-refractivity contribution in [2.75, 3.05) is 0 Å². The molecule has 0 aromatic carbocycles. The van der Waals surface area contributed by atoms with Gasteiger partial charge in [0.1, 0.15) is 0 Å². The van der Waals surface area contributed by atoms with Crippen molar-refractivity contribution >= 4 is 20.9 Å². The highest BCUT2D eigenvalue weighted by Crippen LogP contribution is 2.37. The van der Waals surface area contributed by atoms with E-state index in [1.54, 1.807) is 0 Å². The van der Waals surface area contributed by atoms with Gasteiger partial charge in [0.25, 0.3) is 0 Å². The molecule has 1 rings (SSSR count). The Bertz CT molecular complexity index is 450. The number of phosphoric acid groups is 1. The van der Waals surface area contributed by atoms with Crippen molar-refractivity contribution in [1.29, 1.82) is 0 Å². The van der Waals surface area contributed by atoms with Crippen LogP contribution < -0.4 is 9.96 Å². The molecule has 0 fully saturated rings. The standard InChI is InChI=1S/C4H6N2O7P2/c7-14(8,9)3-1-2-5-4(6-3)13-15(10,11)12/h1-2H,(H2,7,8,9)(H2,10,11,12). The molecule has 1 aromatic rings. The molecule has 0 saturated heterocycles. The highest BCUT2D eigenvalue weighted by Gasteiger charge is 2.23. The Morgan fingerprint density at radius 3 is 2.27 bits per heavy atom. The van der Waals surface area contributed by atoms with Gasteiger partial charge in [0.2, 0.25) is 0 Å². The summed E-state index contributed by atoms with van der Waals surface area (Å²) in [7, 11) is -9.43. The maximum Gasteiger partial charge on any atom is 0.527 e. The smallest absolute Gasteiger partial charge is 0.368 e. The molecule has 0 radical (unpaired) electrons. The molecule has 0 amide bonds. The van der Waals surface area contributed by atoms with Crippen LogP contribution in [-0.2, 0) is 9.13 Å². The number of nitrogens with zero attached hydrogens (tertiary/aromatic N) is 2. The molecule has 1 aromatic heterocycles. The van der Waals surface area contributed by atoms with E-state index >= 15 is 0 Å². The molecule has 11 heteroatoms. The first kappa shape index (κ1) is 12.3. The summed E-state index contributed by atoms with van der Waals surface area (Å²) in [6.07, 6.45) is 0.909. The van der Waals surface area contributed by atoms with Gasteiger partial charge in [-0.3, -0.25) is 14.4 Å². The summed E-state index contributed by atoms with van der Waals surface area (Å²) in [5.74, 6) is 0. The molecule has 15 heavy (non-hydrogen) atoms. The maximum atomic E-state index is 10.7. The molecule has 0 saturated carbocycles. The van der Waals surface area contributed by atoms with Crippen molar-refractivity contribution in [3.8, 4) is 6.01 Å². The quantitative estimate of drug-likeness (QED) is 0.486. The highest BCUT2D eigenvalue weighted by molar-refractivity contribution is 7.60. The lowest BCUT2D eigenvalue weighted by molar-refractivity contribution is 0.275. The van der Waals surface area contributed by atoms with E-state index in [4.69, 9.17) is 19.6 Å². The number of hydrogen-bond acceptors (Lipinski definition) is 5. The Hall–Kier alpha value is -0.820. The summed E-state index contributed by atoms with van der Waals surface area (Å²) >= 11 is 0. The molecule has 84 valence electrons. The van der Waals surface area contributed by atoms with Crippen LogP contribution in [0.4, 0.5) is 0 Å². The van der Waals surface area contributed by atoms with Crippen LogP contribution in [0, 0.1) is 0 Å². The highest BCUT2D eigenvalue weighted by atomic mass is 31.2. The Kier molecular flexibility index (Phi) is 3.25. The zero-order valence-electron chi connectivity index (χ0n) is 6.96. The monoisotopic (exact) mass is 256 g/mol. The van der Waals surface area contributed by atoms with Crippen molar-refractivity contribution in [3.05, 3.63) is 12.3 Å². The molecule has 0 spiro atoms. The van der Waals surface area contributed by atoms with Crippen LogP contribution in [0.25, 0.3) is 0 Å². The molecule has 1 heterocycles. The van der Waals surface area contributed by atoms with Crippen LogP contribution in [0.1, 0.15) is 0 Å². The Labute approximate surface area is 83.2 Å². The molecule has 9 nitrogen and oxygen atoms in total. The van der Waals surface area contributed by atoms with E-state index in [1.165, 1.54) is 0 Å². The molecule has 0 atom stereocenters. The fourth-order valence-corrected chi connectivity index (χ4v) is 1.42. The minimum atomic E-state index is -4.84. The first-order valence-corrected chi connectivity index (χ1v) is 6.47. The van der Waals surface area contributed by atoms with Crippen LogP contribution in [0.5, 0.6) is 6.01 Å². The maximum absolute atomic E-state index is 10.7. The minimum absolute atomic E-state index is 0.680. The Morgan fingerprint density at radius 2 is 1.80 bits per heavy atom. The third kappa shape index (κ3) is 4.05. The Morgan fingerprint density at radius 1 is 1.20 bits per heavy atom. The summed E-state index contributed by atoms with van der Waals surface area (Å²) in [5.41, 5.74) is -0.680. The third-order valence-corrected chi connectivity index (χ3v) is 2.36. The number of phosphoric ester groups is 1. The average molecular weight is 256 g/mol. The lowest BCUT2D eigenvalue weighted by atomic mass is 10.7. The van der Waals surface area contributed by atoms with Gasteiger partial charge in [0.05, 0.1) is 0 Å². The zero-order chi connectivity index (χ0) is 11.7. The molecular formula is C4H6N2O7P2. The second-order valence-corrected chi connectivity index (χ2v) is 5.03. The van der Waals surface area contributed by atoms with Crippen molar-refractivity contribution < 1.29 is 33.2 Å². The van der Waals surface area contributed by atoms with Crippen molar-refractivity contribution in [2.24, 2.45) is 0 Å². The first-order chi connectivity index (χ1) is 6.68. The molecular weight excluding hydrogens is 250 g/mol. The molecule has 0 unspecified atom stereocenters. The second kappa shape index (κ2) is 3.97. The van der Waals surface area contributed by atoms with E-state index in [1.807, 2.05) is 0 Å². The number of rotatable bonds is 3. The van der Waals surface area contributed by atoms with Crippen molar-refractivity contribution in [2.45, 2.75) is 0 Å². The van der Waals surface area contributed by atoms with Gasteiger partial charge in [-0.05, 0) is 6.07 Å². The molecule has 0 aliphatic heterocycles. The number of aromatic nitrogens is 2. The molecule has 0 aliphatic carbocycles. The van der Waals surface area contributed by atoms with Crippen LogP contribution in [-0.4, -0.2) is 29.5 Å². The van der Waals surface area contributed by atoms with Crippen molar-refractivity contribution in [1.82, 2.24) is 9.97 Å².